The molecule has 0 atom stereocenters. The van der Waals surface area contributed by atoms with Gasteiger partial charge in [-0.25, -0.2) is 4.79 Å². The van der Waals surface area contributed by atoms with Crippen molar-refractivity contribution in [2.45, 2.75) is 6.61 Å². The van der Waals surface area contributed by atoms with Crippen LogP contribution >= 0.6 is 0 Å². The van der Waals surface area contributed by atoms with Crippen molar-refractivity contribution in [3.8, 4) is 0 Å². The number of ketones is 1. The Kier molecular flexibility index (Phi) is 4.45. The average Bonchev–Trinajstić information content (AvgIpc) is 2.53. The topological polar surface area (TPSA) is 43.4 Å². The molecule has 0 fully saturated rings. The van der Waals surface area contributed by atoms with E-state index in [1.165, 1.54) is 6.08 Å². The lowest BCUT2D eigenvalue weighted by atomic mass is 10.0. The van der Waals surface area contributed by atoms with E-state index in [9.17, 15) is 9.59 Å². The van der Waals surface area contributed by atoms with E-state index in [2.05, 4.69) is 6.58 Å². The molecule has 0 bridgehead atoms. The van der Waals surface area contributed by atoms with Gasteiger partial charge < -0.3 is 4.74 Å². The number of rotatable bonds is 5. The summed E-state index contributed by atoms with van der Waals surface area (Å²) in [5.74, 6) is -0.595. The normalized spacial score (nSPS) is 9.80. The Morgan fingerprint density at radius 1 is 1.00 bits per heavy atom. The molecule has 0 saturated heterocycles. The predicted octanol–water partition coefficient (Wildman–Crippen LogP) is 3.41. The van der Waals surface area contributed by atoms with Crippen molar-refractivity contribution in [3.05, 3.63) is 83.9 Å². The lowest BCUT2D eigenvalue weighted by molar-refractivity contribution is 0.0471. The monoisotopic (exact) mass is 266 g/mol. The fraction of sp³-hybridized carbons (Fsp3) is 0.0588. The molecule has 0 N–H and O–H groups in total. The number of allylic oxidation sites excluding steroid dienone is 1. The van der Waals surface area contributed by atoms with E-state index in [-0.39, 0.29) is 12.4 Å². The van der Waals surface area contributed by atoms with Crippen LogP contribution in [-0.4, -0.2) is 11.8 Å². The maximum Gasteiger partial charge on any atom is 0.338 e. The zero-order valence-electron chi connectivity index (χ0n) is 10.9. The molecule has 3 heteroatoms. The number of hydrogen-bond acceptors (Lipinski definition) is 3. The molecule has 100 valence electrons. The molecule has 0 saturated carbocycles. The van der Waals surface area contributed by atoms with Gasteiger partial charge in [0.15, 0.2) is 5.78 Å². The second kappa shape index (κ2) is 6.48. The molecule has 0 radical (unpaired) electrons. The van der Waals surface area contributed by atoms with Crippen LogP contribution < -0.4 is 0 Å². The molecule has 0 spiro atoms. The van der Waals surface area contributed by atoms with Gasteiger partial charge in [0.05, 0.1) is 5.56 Å². The number of carbonyl (C=O) groups excluding carboxylic acids is 2. The van der Waals surface area contributed by atoms with Crippen LogP contribution in [0.25, 0.3) is 0 Å². The molecule has 0 aromatic heterocycles. The second-order valence-corrected chi connectivity index (χ2v) is 4.17. The Morgan fingerprint density at radius 3 is 2.35 bits per heavy atom. The molecular weight excluding hydrogens is 252 g/mol. The maximum atomic E-state index is 11.8. The van der Waals surface area contributed by atoms with Crippen molar-refractivity contribution in [1.29, 1.82) is 0 Å². The summed E-state index contributed by atoms with van der Waals surface area (Å²) in [5, 5.41) is 0. The second-order valence-electron chi connectivity index (χ2n) is 4.17. The molecule has 0 heterocycles. The van der Waals surface area contributed by atoms with E-state index < -0.39 is 5.97 Å². The van der Waals surface area contributed by atoms with Crippen LogP contribution in [0.5, 0.6) is 0 Å². The largest absolute Gasteiger partial charge is 0.457 e. The average molecular weight is 266 g/mol. The molecule has 0 unspecified atom stereocenters. The van der Waals surface area contributed by atoms with Crippen LogP contribution in [0.3, 0.4) is 0 Å². The molecule has 0 amide bonds. The van der Waals surface area contributed by atoms with Crippen LogP contribution in [0.4, 0.5) is 0 Å². The molecule has 3 nitrogen and oxygen atoms in total. The van der Waals surface area contributed by atoms with Crippen LogP contribution in [0, 0.1) is 0 Å². The number of esters is 1. The van der Waals surface area contributed by atoms with E-state index in [0.29, 0.717) is 16.7 Å². The smallest absolute Gasteiger partial charge is 0.338 e. The minimum atomic E-state index is -0.411. The van der Waals surface area contributed by atoms with Crippen molar-refractivity contribution in [1.82, 2.24) is 0 Å². The Morgan fingerprint density at radius 2 is 1.65 bits per heavy atom. The molecular formula is C17H14O3. The third-order valence-electron chi connectivity index (χ3n) is 2.84. The van der Waals surface area contributed by atoms with E-state index in [4.69, 9.17) is 4.74 Å². The molecule has 0 aliphatic rings. The van der Waals surface area contributed by atoms with Gasteiger partial charge in [0, 0.05) is 11.1 Å². The first-order chi connectivity index (χ1) is 9.72. The Hall–Kier alpha value is -2.68. The standard InChI is InChI=1S/C17H14O3/c1-2-16(18)15-11-7-6-10-14(15)12-20-17(19)13-8-4-3-5-9-13/h2-11H,1,12H2. The molecule has 2 rings (SSSR count). The fourth-order valence-electron chi connectivity index (χ4n) is 1.80. The van der Waals surface area contributed by atoms with E-state index >= 15 is 0 Å². The number of benzene rings is 2. The zero-order valence-corrected chi connectivity index (χ0v) is 10.9. The first-order valence-electron chi connectivity index (χ1n) is 6.19. The Bertz CT molecular complexity index is 630. The Balaban J connectivity index is 2.10. The van der Waals surface area contributed by atoms with Gasteiger partial charge in [-0.1, -0.05) is 49.0 Å². The van der Waals surface area contributed by atoms with Gasteiger partial charge in [0.1, 0.15) is 6.61 Å². The van der Waals surface area contributed by atoms with Crippen LogP contribution in [0.1, 0.15) is 26.3 Å². The van der Waals surface area contributed by atoms with Gasteiger partial charge in [-0.2, -0.15) is 0 Å². The summed E-state index contributed by atoms with van der Waals surface area (Å²) in [5.41, 5.74) is 1.66. The number of ether oxygens (including phenoxy) is 1. The van der Waals surface area contributed by atoms with E-state index in [1.54, 1.807) is 48.5 Å². The highest BCUT2D eigenvalue weighted by Crippen LogP contribution is 2.13. The van der Waals surface area contributed by atoms with E-state index in [1.807, 2.05) is 6.07 Å². The predicted molar refractivity (Wildman–Crippen MR) is 76.5 cm³/mol. The van der Waals surface area contributed by atoms with Gasteiger partial charge in [-0.05, 0) is 18.2 Å². The van der Waals surface area contributed by atoms with Crippen molar-refractivity contribution in [2.24, 2.45) is 0 Å². The van der Waals surface area contributed by atoms with Crippen LogP contribution in [-0.2, 0) is 11.3 Å². The SMILES string of the molecule is C=CC(=O)c1ccccc1COC(=O)c1ccccc1. The number of hydrogen-bond donors (Lipinski definition) is 0. The van der Waals surface area contributed by atoms with Crippen LogP contribution in [0.15, 0.2) is 67.3 Å². The first kappa shape index (κ1) is 13.7. The van der Waals surface area contributed by atoms with Gasteiger partial charge >= 0.3 is 5.97 Å². The molecule has 2 aromatic rings. The highest BCUT2D eigenvalue weighted by atomic mass is 16.5. The fourth-order valence-corrected chi connectivity index (χ4v) is 1.80. The van der Waals surface area contributed by atoms with Crippen molar-refractivity contribution in [2.75, 3.05) is 0 Å². The van der Waals surface area contributed by atoms with Gasteiger partial charge in [0.2, 0.25) is 0 Å². The quantitative estimate of drug-likeness (QED) is 0.473. The van der Waals surface area contributed by atoms with Crippen molar-refractivity contribution >= 4 is 11.8 Å². The van der Waals surface area contributed by atoms with Crippen LogP contribution in [0.2, 0.25) is 0 Å². The molecule has 0 aliphatic carbocycles. The van der Waals surface area contributed by atoms with Gasteiger partial charge in [-0.3, -0.25) is 4.79 Å². The highest BCUT2D eigenvalue weighted by molar-refractivity contribution is 6.05. The summed E-state index contributed by atoms with van der Waals surface area (Å²) in [4.78, 5) is 23.5. The maximum absolute atomic E-state index is 11.8. The third kappa shape index (κ3) is 3.20. The summed E-state index contributed by atoms with van der Waals surface area (Å²) >= 11 is 0. The summed E-state index contributed by atoms with van der Waals surface area (Å²) < 4.78 is 5.22. The highest BCUT2D eigenvalue weighted by Gasteiger charge is 2.11. The Labute approximate surface area is 117 Å². The minimum absolute atomic E-state index is 0.0590. The van der Waals surface area contributed by atoms with Gasteiger partial charge in [-0.15, -0.1) is 0 Å². The first-order valence-corrected chi connectivity index (χ1v) is 6.19. The lowest BCUT2D eigenvalue weighted by Gasteiger charge is -2.08. The third-order valence-corrected chi connectivity index (χ3v) is 2.84. The van der Waals surface area contributed by atoms with Crippen molar-refractivity contribution < 1.29 is 14.3 Å². The molecule has 20 heavy (non-hydrogen) atoms. The minimum Gasteiger partial charge on any atom is -0.457 e. The number of carbonyl (C=O) groups is 2. The summed E-state index contributed by atoms with van der Waals surface area (Å²) in [6.45, 7) is 3.52. The van der Waals surface area contributed by atoms with Gasteiger partial charge in [0.25, 0.3) is 0 Å². The summed E-state index contributed by atoms with van der Waals surface area (Å²) in [6.07, 6.45) is 1.25. The molecule has 0 aliphatic heterocycles. The molecule has 2 aromatic carbocycles. The van der Waals surface area contributed by atoms with Crippen molar-refractivity contribution in [3.63, 3.8) is 0 Å². The summed E-state index contributed by atoms with van der Waals surface area (Å²) in [6, 6.07) is 15.7. The van der Waals surface area contributed by atoms with E-state index in [0.717, 1.165) is 0 Å². The zero-order chi connectivity index (χ0) is 14.4. The lowest BCUT2D eigenvalue weighted by Crippen LogP contribution is -2.08. The summed E-state index contributed by atoms with van der Waals surface area (Å²) in [7, 11) is 0.